The summed E-state index contributed by atoms with van der Waals surface area (Å²) in [5.74, 6) is -0.115. The van der Waals surface area contributed by atoms with E-state index in [0.717, 1.165) is 239 Å². The van der Waals surface area contributed by atoms with Crippen LogP contribution in [0.5, 0.6) is 0 Å². The second-order valence-electron chi connectivity index (χ2n) is 44.4. The van der Waals surface area contributed by atoms with Gasteiger partial charge in [0.05, 0.1) is 30.1 Å². The Balaban J connectivity index is 0.000000131. The molecule has 10 aliphatic carbocycles. The van der Waals surface area contributed by atoms with Crippen molar-refractivity contribution in [3.8, 4) is 0 Å². The van der Waals surface area contributed by atoms with Gasteiger partial charge in [-0.1, -0.05) is 58.0 Å². The zero-order valence-corrected chi connectivity index (χ0v) is 92.4. The second kappa shape index (κ2) is 45.6. The van der Waals surface area contributed by atoms with E-state index in [1.165, 1.54) is 119 Å². The van der Waals surface area contributed by atoms with E-state index in [4.69, 9.17) is 19.0 Å². The summed E-state index contributed by atoms with van der Waals surface area (Å²) in [4.78, 5) is 87.1. The standard InChI is InChI=1S/C24H39N3O4SSi.C23H34N4O4S.C20H29N3O4S.C19H27N3O4S.C18H25N3O4S/c1-24(2,3)33(4,5)31-13-12-27-15-19(16-27)32(29,30)26-23(28)25-22-20-10-6-8-17(20)14-18-9-7-11-21(18)22;1-14(2)27-13-17(12-20(27)22(28)26(3)4)32(30,31)25-23(29)24-21-18-9-5-7-15(18)11-16-8-6-10-19(16)21;1-3-23-11-17(27-2)18(12-23)28(25,26)22-20(24)21-19-15-8-4-6-13(15)10-14-7-5-9-16(14)19;1-22-10-16(26-2)17(11-22)27(24,25)21-19(23)20-18-14-7-3-5-12(14)9-13-6-4-8-15(13)18;22-8-7-21-10-14(11-21)26(24,25)20-18(23)19-17-15-5-1-3-12(15)9-13-4-2-6-16(13)17/h14,19H,6-13,15-16H2,1-5H3,(H2,25,26,28);11,14,17,20H,5-10,12-13H2,1-4H3,(H2,24,25,29);10,17-18H,3-9,11-12H2,1-2H3,(H2,21,22,24);9,16-17H,3-8,10-11H2,1-2H3,(H2,20,21,23);9,14,22H,1-8,10-11H2,(H2,19,20,23). The number of fused-ring (bicyclic) bond motifs is 10. The van der Waals surface area contributed by atoms with Gasteiger partial charge in [0.15, 0.2) is 8.32 Å². The number of aliphatic hydroxyl groups is 1. The number of methoxy groups -OCH3 is 2. The average Bonchev–Trinajstić information content (AvgIpc) is 1.69. The van der Waals surface area contributed by atoms with Gasteiger partial charge in [0.2, 0.25) is 56.0 Å². The second-order valence-corrected chi connectivity index (χ2v) is 58.9. The molecule has 5 heterocycles. The lowest BCUT2D eigenvalue weighted by molar-refractivity contribution is -0.134. The number of β-amino-alcohol motifs (C(OH)–C–C–N with tert-alkyl or cyclic N) is 1. The van der Waals surface area contributed by atoms with Crippen LogP contribution >= 0.6 is 0 Å². The molecule has 0 aromatic heterocycles. The first kappa shape index (κ1) is 110. The summed E-state index contributed by atoms with van der Waals surface area (Å²) in [6.45, 7) is 23.1. The van der Waals surface area contributed by atoms with Crippen LogP contribution in [0.15, 0.2) is 30.3 Å². The van der Waals surface area contributed by atoms with Gasteiger partial charge in [0.25, 0.3) is 0 Å². The largest absolute Gasteiger partial charge is 0.416 e. The van der Waals surface area contributed by atoms with E-state index < -0.39 is 133 Å². The number of rotatable bonds is 26. The van der Waals surface area contributed by atoms with Crippen molar-refractivity contribution >= 4 is 123 Å². The van der Waals surface area contributed by atoms with Gasteiger partial charge in [-0.15, -0.1) is 0 Å². The molecule has 146 heavy (non-hydrogen) atoms. The Labute approximate surface area is 864 Å². The first-order valence-corrected chi connectivity index (χ1v) is 63.5. The monoisotopic (exact) mass is 2130 g/mol. The van der Waals surface area contributed by atoms with Crippen LogP contribution in [-0.2, 0) is 197 Å². The summed E-state index contributed by atoms with van der Waals surface area (Å²) < 4.78 is 156. The molecule has 0 saturated carbocycles. The van der Waals surface area contributed by atoms with Crippen LogP contribution in [0, 0.1) is 0 Å². The highest BCUT2D eigenvalue weighted by atomic mass is 32.2. The van der Waals surface area contributed by atoms with Crippen molar-refractivity contribution in [2.45, 2.75) is 309 Å². The summed E-state index contributed by atoms with van der Waals surface area (Å²) in [5, 5.41) is 20.0. The number of nitrogens with one attached hydrogen (secondary N) is 10. The third-order valence-electron chi connectivity index (χ3n) is 33.2. The third-order valence-corrected chi connectivity index (χ3v) is 46.2. The summed E-state index contributed by atoms with van der Waals surface area (Å²) in [6.07, 6.45) is 29.6. The van der Waals surface area contributed by atoms with Gasteiger partial charge in [0, 0.05) is 141 Å². The Bertz CT molecular complexity index is 6250. The summed E-state index contributed by atoms with van der Waals surface area (Å²) >= 11 is 0. The minimum absolute atomic E-state index is 0.00487. The van der Waals surface area contributed by atoms with Crippen LogP contribution in [0.1, 0.15) is 223 Å². The van der Waals surface area contributed by atoms with Crippen molar-refractivity contribution in [3.05, 3.63) is 142 Å². The number of hydrogen-bond donors (Lipinski definition) is 11. The highest BCUT2D eigenvalue weighted by Gasteiger charge is 2.49. The number of carbonyl (C=O) groups is 6. The SMILES string of the molecule is CC(C)(C)[Si](C)(C)OCCN1CC(S(=O)(=O)NC(=O)Nc2c3c(cc4c2CCC4)CCC3)C1.CC(C)N1CC(S(=O)(=O)NC(=O)Nc2c3c(cc4c2CCC4)CCC3)CC1C(=O)N(C)C.CCN1CC(OC)C(S(=O)(=O)NC(=O)Nc2c3c(cc4c2CCC4)CCC3)C1.COC1CN(C)CC1S(=O)(=O)NC(=O)Nc1c2c(cc3c1CCC3)CCC2.O=C(Nc1c2c(cc3c1CCC3)CCC2)NS(=O)(=O)C1CN(CCO)C1. The van der Waals surface area contributed by atoms with Crippen LogP contribution in [0.2, 0.25) is 18.1 Å². The highest BCUT2D eigenvalue weighted by Crippen LogP contribution is 2.46. The lowest BCUT2D eigenvalue weighted by Gasteiger charge is -2.40. The molecule has 0 radical (unpaired) electrons. The number of hydrogen-bond acceptors (Lipinski definition) is 25. The lowest BCUT2D eigenvalue weighted by Crippen LogP contribution is -2.59. The topological polar surface area (TPSA) is 461 Å². The fourth-order valence-electron chi connectivity index (χ4n) is 24.4. The van der Waals surface area contributed by atoms with Gasteiger partial charge in [0.1, 0.15) is 21.0 Å². The minimum atomic E-state index is -3.94. The lowest BCUT2D eigenvalue weighted by atomic mass is 9.99. The maximum Gasteiger partial charge on any atom is 0.332 e. The van der Waals surface area contributed by atoms with Crippen molar-refractivity contribution in [3.63, 3.8) is 0 Å². The first-order valence-electron chi connectivity index (χ1n) is 52.8. The van der Waals surface area contributed by atoms with Gasteiger partial charge in [-0.05, 0) is 356 Å². The molecule has 5 aromatic carbocycles. The number of likely N-dealkylation sites (tertiary alicyclic amines) is 5. The van der Waals surface area contributed by atoms with E-state index >= 15 is 0 Å². The molecule has 36 nitrogen and oxygen atoms in total. The maximum absolute atomic E-state index is 13.1. The predicted octanol–water partition coefficient (Wildman–Crippen LogP) is 9.95. The van der Waals surface area contributed by atoms with Crippen molar-refractivity contribution in [1.82, 2.24) is 53.0 Å². The van der Waals surface area contributed by atoms with Gasteiger partial charge >= 0.3 is 30.2 Å². The Morgan fingerprint density at radius 1 is 0.390 bits per heavy atom. The molecular weight excluding hydrogens is 1980 g/mol. The van der Waals surface area contributed by atoms with Gasteiger partial charge < -0.3 is 55.4 Å². The summed E-state index contributed by atoms with van der Waals surface area (Å²) in [5.41, 5.74) is 28.9. The number of likely N-dealkylation sites (N-methyl/N-ethyl adjacent to an activating group) is 3. The zero-order chi connectivity index (χ0) is 105. The van der Waals surface area contributed by atoms with Crippen molar-refractivity contribution in [2.24, 2.45) is 0 Å². The van der Waals surface area contributed by atoms with E-state index in [1.807, 2.05) is 47.4 Å². The summed E-state index contributed by atoms with van der Waals surface area (Å²) in [6, 6.07) is 7.56. The molecule has 20 rings (SSSR count). The maximum atomic E-state index is 13.1. The molecule has 0 spiro atoms. The van der Waals surface area contributed by atoms with Gasteiger partial charge in [-0.25, -0.2) is 89.7 Å². The molecular formula is C104H154N16O20S5Si. The summed E-state index contributed by atoms with van der Waals surface area (Å²) in [7, 11) is -12.6. The number of benzene rings is 5. The molecule has 804 valence electrons. The highest BCUT2D eigenvalue weighted by molar-refractivity contribution is 7.92. The smallest absolute Gasteiger partial charge is 0.332 e. The molecule has 5 saturated heterocycles. The third kappa shape index (κ3) is 24.6. The van der Waals surface area contributed by atoms with E-state index in [1.54, 1.807) is 14.1 Å². The van der Waals surface area contributed by atoms with Gasteiger partial charge in [-0.2, -0.15) is 0 Å². The van der Waals surface area contributed by atoms with Crippen LogP contribution in [-0.4, -0.2) is 299 Å². The number of urea groups is 5. The molecule has 11 N–H and O–H groups in total. The average molecular weight is 2140 g/mol. The molecule has 0 bridgehead atoms. The molecule has 6 atom stereocenters. The molecule has 6 unspecified atom stereocenters. The minimum Gasteiger partial charge on any atom is -0.416 e. The number of sulfonamides is 5. The van der Waals surface area contributed by atoms with E-state index in [9.17, 15) is 70.9 Å². The van der Waals surface area contributed by atoms with E-state index in [0.29, 0.717) is 72.1 Å². The van der Waals surface area contributed by atoms with Crippen molar-refractivity contribution in [1.29, 1.82) is 0 Å². The first-order chi connectivity index (χ1) is 69.2. The Hall–Kier alpha value is -8.47. The van der Waals surface area contributed by atoms with E-state index in [2.05, 4.69) is 119 Å². The Morgan fingerprint density at radius 3 is 0.932 bits per heavy atom. The number of aliphatic hydroxyl groups excluding tert-OH is 1. The van der Waals surface area contributed by atoms with Crippen molar-refractivity contribution in [2.75, 3.05) is 154 Å². The molecule has 5 fully saturated rings. The Morgan fingerprint density at radius 2 is 0.664 bits per heavy atom. The van der Waals surface area contributed by atoms with Gasteiger partial charge in [-0.3, -0.25) is 24.4 Å². The predicted molar refractivity (Wildman–Crippen MR) is 570 cm³/mol. The van der Waals surface area contributed by atoms with Crippen molar-refractivity contribution < 1.29 is 89.9 Å². The Kier molecular flexibility index (Phi) is 34.4. The number of anilines is 5. The van der Waals surface area contributed by atoms with Crippen LogP contribution < -0.4 is 50.2 Å². The quantitative estimate of drug-likeness (QED) is 0.0229. The molecule has 5 aromatic rings. The number of amides is 11. The van der Waals surface area contributed by atoms with Crippen LogP contribution in [0.3, 0.4) is 0 Å². The normalized spacial score (nSPS) is 22.0. The number of ether oxygens (including phenoxy) is 2. The molecule has 5 aliphatic heterocycles. The molecule has 42 heteroatoms. The van der Waals surface area contributed by atoms with Crippen LogP contribution in [0.25, 0.3) is 0 Å². The fraction of sp³-hybridized carbons (Fsp3) is 0.654. The molecule has 15 aliphatic rings. The van der Waals surface area contributed by atoms with E-state index in [-0.39, 0.29) is 36.6 Å². The molecule has 11 amide bonds. The number of aryl methyl sites for hydroxylation is 10. The fourth-order valence-corrected chi connectivity index (χ4v) is 32.2. The van der Waals surface area contributed by atoms with Crippen LogP contribution in [0.4, 0.5) is 52.4 Å². The number of nitrogens with zero attached hydrogens (tertiary/aromatic N) is 6. The zero-order valence-electron chi connectivity index (χ0n) is 87.3. The number of carbonyl (C=O) groups excluding carboxylic acids is 6.